The van der Waals surface area contributed by atoms with E-state index in [0.29, 0.717) is 29.3 Å². The van der Waals surface area contributed by atoms with Crippen LogP contribution in [0.3, 0.4) is 0 Å². The van der Waals surface area contributed by atoms with Gasteiger partial charge in [-0.2, -0.15) is 0 Å². The molecule has 1 aliphatic rings. The quantitative estimate of drug-likeness (QED) is 0.669. The molecule has 1 saturated heterocycles. The smallest absolute Gasteiger partial charge is 0.321 e. The maximum Gasteiger partial charge on any atom is 0.321 e. The molecule has 0 aliphatic carbocycles. The molecule has 2 aromatic carbocycles. The van der Waals surface area contributed by atoms with Crippen LogP contribution < -0.4 is 5.32 Å². The fourth-order valence-electron chi connectivity index (χ4n) is 3.57. The number of fused-ring (bicyclic) bond motifs is 1. The van der Waals surface area contributed by atoms with Crippen LogP contribution in [-0.4, -0.2) is 40.2 Å². The summed E-state index contributed by atoms with van der Waals surface area (Å²) in [6.07, 6.45) is 1.20. The van der Waals surface area contributed by atoms with Crippen molar-refractivity contribution < 1.29 is 14.3 Å². The Kier molecular flexibility index (Phi) is 5.28. The molecule has 1 aliphatic heterocycles. The number of hydrogen-bond acceptors (Lipinski definition) is 4. The number of likely N-dealkylation sites (tertiary alicyclic amines) is 1. The third kappa shape index (κ3) is 3.86. The van der Waals surface area contributed by atoms with Gasteiger partial charge in [0.25, 0.3) is 0 Å². The lowest BCUT2D eigenvalue weighted by Gasteiger charge is -2.33. The highest BCUT2D eigenvalue weighted by Crippen LogP contribution is 2.35. The Morgan fingerprint density at radius 1 is 1.29 bits per heavy atom. The minimum atomic E-state index is -0.370. The van der Waals surface area contributed by atoms with Crippen molar-refractivity contribution in [2.75, 3.05) is 18.4 Å². The van der Waals surface area contributed by atoms with Crippen molar-refractivity contribution in [3.63, 3.8) is 0 Å². The van der Waals surface area contributed by atoms with Crippen molar-refractivity contribution in [1.82, 2.24) is 9.88 Å². The molecule has 2 N–H and O–H groups in total. The van der Waals surface area contributed by atoms with Crippen LogP contribution in [0, 0.1) is 11.7 Å². The first-order valence-electron chi connectivity index (χ1n) is 9.41. The van der Waals surface area contributed by atoms with E-state index in [9.17, 15) is 14.3 Å². The van der Waals surface area contributed by atoms with Crippen LogP contribution in [0.4, 0.5) is 14.9 Å². The molecule has 0 radical (unpaired) electrons. The predicted octanol–water partition coefficient (Wildman–Crippen LogP) is 4.73. The van der Waals surface area contributed by atoms with Gasteiger partial charge in [0.2, 0.25) is 0 Å². The summed E-state index contributed by atoms with van der Waals surface area (Å²) in [7, 11) is 0. The van der Waals surface area contributed by atoms with E-state index in [1.807, 2.05) is 24.3 Å². The molecule has 146 valence electrons. The molecule has 3 aromatic rings. The largest absolute Gasteiger partial charge is 0.393 e. The van der Waals surface area contributed by atoms with Crippen molar-refractivity contribution in [1.29, 1.82) is 0 Å². The number of anilines is 1. The van der Waals surface area contributed by atoms with Gasteiger partial charge in [-0.05, 0) is 56.0 Å². The highest BCUT2D eigenvalue weighted by molar-refractivity contribution is 7.21. The number of hydrogen-bond donors (Lipinski definition) is 2. The summed E-state index contributed by atoms with van der Waals surface area (Å²) in [5, 5.41) is 13.3. The summed E-state index contributed by atoms with van der Waals surface area (Å²) in [5.74, 6) is -0.141. The lowest BCUT2D eigenvalue weighted by atomic mass is 9.92. The van der Waals surface area contributed by atoms with E-state index in [2.05, 4.69) is 10.3 Å². The molecule has 28 heavy (non-hydrogen) atoms. The maximum absolute atomic E-state index is 13.9. The molecule has 0 spiro atoms. The number of urea groups is 1. The van der Waals surface area contributed by atoms with Crippen LogP contribution in [0.2, 0.25) is 0 Å². The summed E-state index contributed by atoms with van der Waals surface area (Å²) >= 11 is 1.47. The lowest BCUT2D eigenvalue weighted by Crippen LogP contribution is -2.42. The number of nitrogens with one attached hydrogen (secondary N) is 1. The third-order valence-corrected chi connectivity index (χ3v) is 6.33. The first-order valence-corrected chi connectivity index (χ1v) is 10.2. The second kappa shape index (κ2) is 7.85. The molecule has 1 aromatic heterocycles. The SMILES string of the molecule is CC(O)C1CCN(C(=O)Nc2ccc(F)cc2-c2nc3ccccc3s2)CC1. The Bertz CT molecular complexity index is 963. The number of nitrogens with zero attached hydrogens (tertiary/aromatic N) is 2. The van der Waals surface area contributed by atoms with E-state index < -0.39 is 0 Å². The number of benzene rings is 2. The first kappa shape index (κ1) is 18.8. The molecule has 1 unspecified atom stereocenters. The number of rotatable bonds is 3. The van der Waals surface area contributed by atoms with Gasteiger partial charge in [-0.15, -0.1) is 11.3 Å². The lowest BCUT2D eigenvalue weighted by molar-refractivity contribution is 0.0820. The number of aliphatic hydroxyl groups excluding tert-OH is 1. The van der Waals surface area contributed by atoms with Gasteiger partial charge in [0.1, 0.15) is 10.8 Å². The van der Waals surface area contributed by atoms with Gasteiger partial charge in [0.05, 0.1) is 22.0 Å². The molecule has 1 fully saturated rings. The van der Waals surface area contributed by atoms with Gasteiger partial charge in [0.15, 0.2) is 0 Å². The topological polar surface area (TPSA) is 65.5 Å². The minimum absolute atomic E-state index is 0.210. The van der Waals surface area contributed by atoms with Crippen molar-refractivity contribution >= 4 is 33.3 Å². The third-order valence-electron chi connectivity index (χ3n) is 5.26. The number of aromatic nitrogens is 1. The number of amides is 2. The van der Waals surface area contributed by atoms with E-state index >= 15 is 0 Å². The predicted molar refractivity (Wildman–Crippen MR) is 110 cm³/mol. The Morgan fingerprint density at radius 2 is 2.04 bits per heavy atom. The first-order chi connectivity index (χ1) is 13.5. The monoisotopic (exact) mass is 399 g/mol. The minimum Gasteiger partial charge on any atom is -0.393 e. The second-order valence-corrected chi connectivity index (χ2v) is 8.20. The van der Waals surface area contributed by atoms with Crippen molar-refractivity contribution in [2.45, 2.75) is 25.9 Å². The molecular weight excluding hydrogens is 377 g/mol. The molecular formula is C21H22FN3O2S. The van der Waals surface area contributed by atoms with Crippen LogP contribution in [-0.2, 0) is 0 Å². The zero-order valence-electron chi connectivity index (χ0n) is 15.6. The van der Waals surface area contributed by atoms with E-state index in [-0.39, 0.29) is 23.9 Å². The van der Waals surface area contributed by atoms with Gasteiger partial charge >= 0.3 is 6.03 Å². The van der Waals surface area contributed by atoms with Crippen LogP contribution >= 0.6 is 11.3 Å². The number of aliphatic hydroxyl groups is 1. The van der Waals surface area contributed by atoms with Gasteiger partial charge in [0, 0.05) is 18.7 Å². The van der Waals surface area contributed by atoms with Gasteiger partial charge in [-0.1, -0.05) is 12.1 Å². The van der Waals surface area contributed by atoms with Gasteiger partial charge in [-0.3, -0.25) is 0 Å². The van der Waals surface area contributed by atoms with Crippen LogP contribution in [0.5, 0.6) is 0 Å². The van der Waals surface area contributed by atoms with Crippen molar-refractivity contribution in [2.24, 2.45) is 5.92 Å². The van der Waals surface area contributed by atoms with Crippen LogP contribution in [0.15, 0.2) is 42.5 Å². The zero-order chi connectivity index (χ0) is 19.7. The fraction of sp³-hybridized carbons (Fsp3) is 0.333. The number of piperidine rings is 1. The molecule has 2 heterocycles. The van der Waals surface area contributed by atoms with E-state index in [1.165, 1.54) is 23.5 Å². The highest BCUT2D eigenvalue weighted by atomic mass is 32.1. The Balaban J connectivity index is 1.56. The van der Waals surface area contributed by atoms with E-state index in [4.69, 9.17) is 0 Å². The van der Waals surface area contributed by atoms with Crippen molar-refractivity contribution in [3.05, 3.63) is 48.3 Å². The molecule has 2 amide bonds. The number of carbonyl (C=O) groups excluding carboxylic acids is 1. The van der Waals surface area contributed by atoms with E-state index in [1.54, 1.807) is 17.9 Å². The fourth-order valence-corrected chi connectivity index (χ4v) is 4.57. The summed E-state index contributed by atoms with van der Waals surface area (Å²) in [6, 6.07) is 11.9. The van der Waals surface area contributed by atoms with Crippen molar-refractivity contribution in [3.8, 4) is 10.6 Å². The number of para-hydroxylation sites is 1. The standard InChI is InChI=1S/C21H22FN3O2S/c1-13(26)14-8-10-25(11-9-14)21(27)24-17-7-6-15(22)12-16(17)20-23-18-4-2-3-5-19(18)28-20/h2-7,12-14,26H,8-11H2,1H3,(H,24,27). The Morgan fingerprint density at radius 3 is 2.75 bits per heavy atom. The Labute approximate surface area is 166 Å². The van der Waals surface area contributed by atoms with Gasteiger partial charge < -0.3 is 15.3 Å². The normalized spacial score (nSPS) is 16.3. The zero-order valence-corrected chi connectivity index (χ0v) is 16.4. The average molecular weight is 399 g/mol. The average Bonchev–Trinajstić information content (AvgIpc) is 3.13. The molecule has 5 nitrogen and oxygen atoms in total. The highest BCUT2D eigenvalue weighted by Gasteiger charge is 2.26. The number of carbonyl (C=O) groups is 1. The Hall–Kier alpha value is -2.51. The summed E-state index contributed by atoms with van der Waals surface area (Å²) < 4.78 is 14.9. The summed E-state index contributed by atoms with van der Waals surface area (Å²) in [5.41, 5.74) is 1.97. The van der Waals surface area contributed by atoms with Crippen LogP contribution in [0.25, 0.3) is 20.8 Å². The van der Waals surface area contributed by atoms with E-state index in [0.717, 1.165) is 23.1 Å². The van der Waals surface area contributed by atoms with Crippen LogP contribution in [0.1, 0.15) is 19.8 Å². The molecule has 1 atom stereocenters. The maximum atomic E-state index is 13.9. The van der Waals surface area contributed by atoms with Gasteiger partial charge in [-0.25, -0.2) is 14.2 Å². The molecule has 7 heteroatoms. The number of thiazole rings is 1. The second-order valence-electron chi connectivity index (χ2n) is 7.17. The molecule has 4 rings (SSSR count). The summed E-state index contributed by atoms with van der Waals surface area (Å²) in [6.45, 7) is 2.99. The number of halogens is 1. The molecule has 0 bridgehead atoms. The molecule has 0 saturated carbocycles. The summed E-state index contributed by atoms with van der Waals surface area (Å²) in [4.78, 5) is 19.1.